The number of hydrogen-bond acceptors (Lipinski definition) is 3. The number of H-pyrrole nitrogens is 2. The van der Waals surface area contributed by atoms with Crippen molar-refractivity contribution in [1.29, 1.82) is 0 Å². The van der Waals surface area contributed by atoms with Crippen molar-refractivity contribution in [2.45, 2.75) is 31.8 Å². The van der Waals surface area contributed by atoms with Gasteiger partial charge >= 0.3 is 4.87 Å². The molecule has 0 amide bonds. The highest BCUT2D eigenvalue weighted by Crippen LogP contribution is 2.34. The first-order valence-electron chi connectivity index (χ1n) is 7.31. The van der Waals surface area contributed by atoms with Gasteiger partial charge in [0, 0.05) is 40.3 Å². The van der Waals surface area contributed by atoms with Crippen LogP contribution in [-0.2, 0) is 13.0 Å². The lowest BCUT2D eigenvalue weighted by Crippen LogP contribution is -2.25. The zero-order valence-electron chi connectivity index (χ0n) is 11.6. The van der Waals surface area contributed by atoms with E-state index < -0.39 is 0 Å². The van der Waals surface area contributed by atoms with Crippen molar-refractivity contribution >= 4 is 22.2 Å². The second kappa shape index (κ2) is 5.16. The highest BCUT2D eigenvalue weighted by molar-refractivity contribution is 7.07. The van der Waals surface area contributed by atoms with Crippen LogP contribution in [0.4, 0.5) is 0 Å². The van der Waals surface area contributed by atoms with Crippen LogP contribution >= 0.6 is 11.3 Å². The Morgan fingerprint density at radius 1 is 1.29 bits per heavy atom. The van der Waals surface area contributed by atoms with Gasteiger partial charge in [0.1, 0.15) is 0 Å². The van der Waals surface area contributed by atoms with E-state index in [4.69, 9.17) is 0 Å². The van der Waals surface area contributed by atoms with Crippen LogP contribution in [0.25, 0.3) is 10.9 Å². The molecule has 2 heterocycles. The van der Waals surface area contributed by atoms with Crippen molar-refractivity contribution in [3.05, 3.63) is 56.3 Å². The molecule has 5 heteroatoms. The molecule has 0 bridgehead atoms. The van der Waals surface area contributed by atoms with Crippen molar-refractivity contribution in [2.24, 2.45) is 0 Å². The lowest BCUT2D eigenvalue weighted by Gasteiger charge is -2.23. The third-order valence-electron chi connectivity index (χ3n) is 4.22. The molecule has 0 fully saturated rings. The van der Waals surface area contributed by atoms with Gasteiger partial charge in [-0.05, 0) is 30.9 Å². The molecule has 0 saturated heterocycles. The number of hydrogen-bond donors (Lipinski definition) is 3. The molecule has 1 aromatic carbocycles. The molecule has 4 nitrogen and oxygen atoms in total. The molecule has 1 aliphatic carbocycles. The van der Waals surface area contributed by atoms with Crippen molar-refractivity contribution in [3.63, 3.8) is 0 Å². The fourth-order valence-electron chi connectivity index (χ4n) is 3.25. The van der Waals surface area contributed by atoms with E-state index in [2.05, 4.69) is 39.6 Å². The van der Waals surface area contributed by atoms with Crippen LogP contribution in [-0.4, -0.2) is 9.97 Å². The lowest BCUT2D eigenvalue weighted by molar-refractivity contribution is 0.450. The van der Waals surface area contributed by atoms with Crippen LogP contribution < -0.4 is 10.2 Å². The van der Waals surface area contributed by atoms with Crippen LogP contribution in [0, 0.1) is 0 Å². The Kier molecular flexibility index (Phi) is 3.16. The van der Waals surface area contributed by atoms with E-state index in [1.54, 1.807) is 0 Å². The maximum Gasteiger partial charge on any atom is 0.304 e. The highest BCUT2D eigenvalue weighted by Gasteiger charge is 2.23. The molecule has 0 spiro atoms. The highest BCUT2D eigenvalue weighted by atomic mass is 32.1. The third-order valence-corrected chi connectivity index (χ3v) is 4.94. The van der Waals surface area contributed by atoms with Gasteiger partial charge in [-0.2, -0.15) is 0 Å². The number of para-hydroxylation sites is 1. The first-order chi connectivity index (χ1) is 10.3. The minimum atomic E-state index is 0.0155. The van der Waals surface area contributed by atoms with Gasteiger partial charge in [0.25, 0.3) is 0 Å². The first kappa shape index (κ1) is 12.9. The molecular formula is C16H17N3OS. The fourth-order valence-corrected chi connectivity index (χ4v) is 3.83. The zero-order valence-corrected chi connectivity index (χ0v) is 12.4. The van der Waals surface area contributed by atoms with Crippen molar-refractivity contribution in [3.8, 4) is 0 Å². The van der Waals surface area contributed by atoms with E-state index in [9.17, 15) is 4.79 Å². The summed E-state index contributed by atoms with van der Waals surface area (Å²) in [5.41, 5.74) is 4.96. The van der Waals surface area contributed by atoms with Gasteiger partial charge in [-0.25, -0.2) is 0 Å². The van der Waals surface area contributed by atoms with E-state index in [1.807, 2.05) is 5.38 Å². The largest absolute Gasteiger partial charge is 0.357 e. The molecule has 108 valence electrons. The number of nitrogens with one attached hydrogen (secondary N) is 3. The summed E-state index contributed by atoms with van der Waals surface area (Å²) >= 11 is 1.22. The molecule has 21 heavy (non-hydrogen) atoms. The summed E-state index contributed by atoms with van der Waals surface area (Å²) in [6, 6.07) is 8.85. The van der Waals surface area contributed by atoms with Crippen LogP contribution in [0.5, 0.6) is 0 Å². The Morgan fingerprint density at radius 2 is 2.19 bits per heavy atom. The molecule has 2 aromatic heterocycles. The predicted octanol–water partition coefficient (Wildman–Crippen LogP) is 3.08. The van der Waals surface area contributed by atoms with Gasteiger partial charge in [-0.3, -0.25) is 4.79 Å². The Morgan fingerprint density at radius 3 is 3.05 bits per heavy atom. The van der Waals surface area contributed by atoms with Gasteiger partial charge in [0.15, 0.2) is 0 Å². The zero-order chi connectivity index (χ0) is 14.2. The normalized spacial score (nSPS) is 18.0. The van der Waals surface area contributed by atoms with Gasteiger partial charge in [-0.15, -0.1) is 0 Å². The maximum absolute atomic E-state index is 11.2. The number of aromatic amines is 2. The van der Waals surface area contributed by atoms with Crippen molar-refractivity contribution in [2.75, 3.05) is 0 Å². The third kappa shape index (κ3) is 2.32. The Balaban J connectivity index is 1.62. The number of fused-ring (bicyclic) bond motifs is 3. The van der Waals surface area contributed by atoms with Crippen LogP contribution in [0.1, 0.15) is 35.8 Å². The first-order valence-corrected chi connectivity index (χ1v) is 8.19. The van der Waals surface area contributed by atoms with E-state index >= 15 is 0 Å². The summed E-state index contributed by atoms with van der Waals surface area (Å²) < 4.78 is 0. The average molecular weight is 299 g/mol. The topological polar surface area (TPSA) is 60.7 Å². The SMILES string of the molecule is O=c1[nH]c(CNC2CCCc3c2[nH]c2ccccc32)cs1. The van der Waals surface area contributed by atoms with Crippen molar-refractivity contribution < 1.29 is 0 Å². The minimum Gasteiger partial charge on any atom is -0.357 e. The second-order valence-electron chi connectivity index (χ2n) is 5.56. The fraction of sp³-hybridized carbons (Fsp3) is 0.312. The maximum atomic E-state index is 11.2. The Bertz CT molecular complexity index is 829. The number of thiazole rings is 1. The smallest absolute Gasteiger partial charge is 0.304 e. The number of aryl methyl sites for hydroxylation is 1. The van der Waals surface area contributed by atoms with Gasteiger partial charge in [-0.1, -0.05) is 29.5 Å². The predicted molar refractivity (Wildman–Crippen MR) is 85.8 cm³/mol. The Labute approximate surface area is 126 Å². The van der Waals surface area contributed by atoms with Crippen molar-refractivity contribution in [1.82, 2.24) is 15.3 Å². The van der Waals surface area contributed by atoms with E-state index in [-0.39, 0.29) is 4.87 Å². The summed E-state index contributed by atoms with van der Waals surface area (Å²) in [6.07, 6.45) is 3.48. The van der Waals surface area contributed by atoms with Gasteiger partial charge < -0.3 is 15.3 Å². The molecule has 3 aromatic rings. The molecule has 1 unspecified atom stereocenters. The number of benzene rings is 1. The molecule has 0 aliphatic heterocycles. The average Bonchev–Trinajstić information content (AvgIpc) is 3.09. The lowest BCUT2D eigenvalue weighted by atomic mass is 9.91. The molecule has 3 N–H and O–H groups in total. The van der Waals surface area contributed by atoms with Gasteiger partial charge in [0.05, 0.1) is 0 Å². The number of rotatable bonds is 3. The van der Waals surface area contributed by atoms with E-state index in [0.717, 1.165) is 18.5 Å². The molecule has 0 saturated carbocycles. The summed E-state index contributed by atoms with van der Waals surface area (Å²) in [5.74, 6) is 0. The van der Waals surface area contributed by atoms with Crippen LogP contribution in [0.3, 0.4) is 0 Å². The van der Waals surface area contributed by atoms with E-state index in [0.29, 0.717) is 12.6 Å². The monoisotopic (exact) mass is 299 g/mol. The number of aromatic nitrogens is 2. The summed E-state index contributed by atoms with van der Waals surface area (Å²) in [7, 11) is 0. The molecule has 4 rings (SSSR count). The summed E-state index contributed by atoms with van der Waals surface area (Å²) in [4.78, 5) is 17.6. The second-order valence-corrected chi connectivity index (χ2v) is 6.40. The molecule has 1 aliphatic rings. The summed E-state index contributed by atoms with van der Waals surface area (Å²) in [6.45, 7) is 0.707. The molecule has 0 radical (unpaired) electrons. The van der Waals surface area contributed by atoms with E-state index in [1.165, 1.54) is 39.9 Å². The van der Waals surface area contributed by atoms with Crippen LogP contribution in [0.2, 0.25) is 0 Å². The minimum absolute atomic E-state index is 0.0155. The Hall–Kier alpha value is -1.85. The molecular weight excluding hydrogens is 282 g/mol. The van der Waals surface area contributed by atoms with Gasteiger partial charge in [0.2, 0.25) is 0 Å². The quantitative estimate of drug-likeness (QED) is 0.696. The standard InChI is InChI=1S/C16H17N3OS/c20-16-18-10(9-21-16)8-17-14-7-3-5-12-11-4-1-2-6-13(11)19-15(12)14/h1-2,4,6,9,14,17,19H,3,5,7-8H2,(H,18,20). The van der Waals surface area contributed by atoms with Crippen LogP contribution in [0.15, 0.2) is 34.4 Å². The molecule has 1 atom stereocenters. The summed E-state index contributed by atoms with van der Waals surface area (Å²) in [5, 5.41) is 6.82.